The van der Waals surface area contributed by atoms with E-state index in [9.17, 15) is 4.91 Å². The van der Waals surface area contributed by atoms with Crippen LogP contribution in [0.4, 0.5) is 0 Å². The molecule has 0 aliphatic heterocycles. The van der Waals surface area contributed by atoms with Crippen LogP contribution in [0.2, 0.25) is 0 Å². The van der Waals surface area contributed by atoms with Gasteiger partial charge in [-0.15, -0.1) is 0 Å². The Kier molecular flexibility index (Phi) is 5.08. The molecule has 0 fully saturated rings. The number of nitrogens with zero attached hydrogens (tertiary/aromatic N) is 1. The summed E-state index contributed by atoms with van der Waals surface area (Å²) in [5.74, 6) is 0. The van der Waals surface area contributed by atoms with Crippen LogP contribution >= 0.6 is 0 Å². The summed E-state index contributed by atoms with van der Waals surface area (Å²) in [5.41, 5.74) is 0.350. The fraction of sp³-hybridized carbons (Fsp3) is 1.00. The van der Waals surface area contributed by atoms with Gasteiger partial charge in [-0.2, -0.15) is 4.91 Å². The van der Waals surface area contributed by atoms with Crippen molar-refractivity contribution < 1.29 is 0 Å². The summed E-state index contributed by atoms with van der Waals surface area (Å²) in [5, 5.41) is 2.90. The van der Waals surface area contributed by atoms with E-state index in [2.05, 4.69) is 25.9 Å². The zero-order valence-electron chi connectivity index (χ0n) is 7.89. The first kappa shape index (κ1) is 10.6. The molecule has 66 valence electrons. The molecule has 1 atom stereocenters. The van der Waals surface area contributed by atoms with Crippen LogP contribution in [-0.2, 0) is 0 Å². The van der Waals surface area contributed by atoms with Gasteiger partial charge in [0.2, 0.25) is 0 Å². The van der Waals surface area contributed by atoms with Crippen molar-refractivity contribution in [2.24, 2.45) is 10.6 Å². The summed E-state index contributed by atoms with van der Waals surface area (Å²) in [4.78, 5) is 9.92. The Morgan fingerprint density at radius 2 is 1.91 bits per heavy atom. The second-order valence-electron chi connectivity index (χ2n) is 3.52. The molecule has 0 aromatic heterocycles. The van der Waals surface area contributed by atoms with E-state index in [0.717, 1.165) is 12.8 Å². The zero-order valence-corrected chi connectivity index (χ0v) is 7.89. The third kappa shape index (κ3) is 4.12. The van der Waals surface area contributed by atoms with Gasteiger partial charge in [0, 0.05) is 0 Å². The van der Waals surface area contributed by atoms with Gasteiger partial charge in [-0.05, 0) is 18.3 Å². The molecule has 0 aromatic carbocycles. The molecule has 0 aliphatic rings. The minimum Gasteiger partial charge on any atom is -0.151 e. The monoisotopic (exact) mass is 157 g/mol. The van der Waals surface area contributed by atoms with E-state index in [0.29, 0.717) is 12.0 Å². The molecule has 11 heavy (non-hydrogen) atoms. The molecular formula is C9H19NO. The Hall–Kier alpha value is -0.400. The van der Waals surface area contributed by atoms with Gasteiger partial charge in [-0.3, -0.25) is 0 Å². The molecule has 0 saturated heterocycles. The topological polar surface area (TPSA) is 29.4 Å². The van der Waals surface area contributed by atoms with Crippen LogP contribution in [0.25, 0.3) is 0 Å². The van der Waals surface area contributed by atoms with Gasteiger partial charge in [0.1, 0.15) is 0 Å². The normalized spacial score (nSPS) is 15.9. The molecule has 0 spiro atoms. The maximum atomic E-state index is 9.92. The maximum Gasteiger partial charge on any atom is 0.0816 e. The minimum absolute atomic E-state index is 0.350. The molecule has 0 rings (SSSR count). The lowest BCUT2D eigenvalue weighted by atomic mass is 9.80. The molecule has 2 nitrogen and oxygen atoms in total. The molecule has 0 radical (unpaired) electrons. The molecule has 2 heteroatoms. The average Bonchev–Trinajstić information content (AvgIpc) is 2.02. The molecule has 0 heterocycles. The molecule has 0 bridgehead atoms. The largest absolute Gasteiger partial charge is 0.151 e. The highest BCUT2D eigenvalue weighted by molar-refractivity contribution is 4.72. The molecule has 0 saturated carbocycles. The first-order valence-corrected chi connectivity index (χ1v) is 4.47. The van der Waals surface area contributed by atoms with E-state index < -0.39 is 0 Å². The Balaban J connectivity index is 3.76. The fourth-order valence-electron chi connectivity index (χ4n) is 1.40. The van der Waals surface area contributed by atoms with E-state index >= 15 is 0 Å². The van der Waals surface area contributed by atoms with Gasteiger partial charge in [0.15, 0.2) is 0 Å². The average molecular weight is 157 g/mol. The van der Waals surface area contributed by atoms with E-state index in [1.165, 1.54) is 12.8 Å². The summed E-state index contributed by atoms with van der Waals surface area (Å²) < 4.78 is 0. The summed E-state index contributed by atoms with van der Waals surface area (Å²) >= 11 is 0. The maximum absolute atomic E-state index is 9.92. The highest BCUT2D eigenvalue weighted by atomic mass is 16.3. The first-order chi connectivity index (χ1) is 5.18. The second-order valence-corrected chi connectivity index (χ2v) is 3.52. The summed E-state index contributed by atoms with van der Waals surface area (Å²) in [6.45, 7) is 7.08. The quantitative estimate of drug-likeness (QED) is 0.543. The van der Waals surface area contributed by atoms with Crippen LogP contribution in [0.1, 0.15) is 46.5 Å². The van der Waals surface area contributed by atoms with Crippen molar-refractivity contribution >= 4 is 0 Å². The van der Waals surface area contributed by atoms with Gasteiger partial charge in [-0.1, -0.05) is 38.8 Å². The second kappa shape index (κ2) is 5.28. The van der Waals surface area contributed by atoms with Crippen molar-refractivity contribution in [3.05, 3.63) is 4.91 Å². The van der Waals surface area contributed by atoms with Gasteiger partial charge < -0.3 is 0 Å². The summed E-state index contributed by atoms with van der Waals surface area (Å²) in [6.07, 6.45) is 4.50. The van der Waals surface area contributed by atoms with Crippen molar-refractivity contribution in [3.8, 4) is 0 Å². The third-order valence-electron chi connectivity index (χ3n) is 2.51. The Morgan fingerprint density at radius 1 is 1.27 bits per heavy atom. The third-order valence-corrected chi connectivity index (χ3v) is 2.51. The molecule has 0 N–H and O–H groups in total. The van der Waals surface area contributed by atoms with Crippen LogP contribution in [0.15, 0.2) is 5.18 Å². The van der Waals surface area contributed by atoms with E-state index in [1.54, 1.807) is 0 Å². The Morgan fingerprint density at radius 3 is 2.27 bits per heavy atom. The molecule has 0 aromatic rings. The van der Waals surface area contributed by atoms with Crippen LogP contribution in [0, 0.1) is 10.3 Å². The number of hydrogen-bond donors (Lipinski definition) is 0. The van der Waals surface area contributed by atoms with Gasteiger partial charge in [-0.25, -0.2) is 0 Å². The van der Waals surface area contributed by atoms with Crippen molar-refractivity contribution in [1.29, 1.82) is 0 Å². The van der Waals surface area contributed by atoms with E-state index in [-0.39, 0.29) is 0 Å². The predicted octanol–water partition coefficient (Wildman–Crippen LogP) is 3.36. The Bertz CT molecular complexity index is 114. The SMILES string of the molecule is CCCC(C)(CC)CCN=O. The first-order valence-electron chi connectivity index (χ1n) is 4.47. The lowest BCUT2D eigenvalue weighted by molar-refractivity contribution is 0.263. The highest BCUT2D eigenvalue weighted by Gasteiger charge is 2.19. The van der Waals surface area contributed by atoms with Crippen LogP contribution in [-0.4, -0.2) is 6.54 Å². The molecule has 1 unspecified atom stereocenters. The van der Waals surface area contributed by atoms with Gasteiger partial charge >= 0.3 is 0 Å². The van der Waals surface area contributed by atoms with Crippen molar-refractivity contribution in [2.75, 3.05) is 6.54 Å². The lowest BCUT2D eigenvalue weighted by Gasteiger charge is -2.26. The molecular weight excluding hydrogens is 138 g/mol. The van der Waals surface area contributed by atoms with E-state index in [4.69, 9.17) is 0 Å². The zero-order chi connectivity index (χ0) is 8.74. The smallest absolute Gasteiger partial charge is 0.0816 e. The fourth-order valence-corrected chi connectivity index (χ4v) is 1.40. The number of nitroso groups, excluding NO2 is 1. The van der Waals surface area contributed by atoms with Gasteiger partial charge in [0.25, 0.3) is 0 Å². The van der Waals surface area contributed by atoms with Crippen molar-refractivity contribution in [3.63, 3.8) is 0 Å². The van der Waals surface area contributed by atoms with Crippen molar-refractivity contribution in [1.82, 2.24) is 0 Å². The van der Waals surface area contributed by atoms with Crippen LogP contribution < -0.4 is 0 Å². The van der Waals surface area contributed by atoms with Crippen molar-refractivity contribution in [2.45, 2.75) is 46.5 Å². The van der Waals surface area contributed by atoms with Crippen LogP contribution in [0.3, 0.4) is 0 Å². The molecule has 0 aliphatic carbocycles. The number of hydrogen-bond acceptors (Lipinski definition) is 2. The minimum atomic E-state index is 0.350. The molecule has 0 amide bonds. The van der Waals surface area contributed by atoms with Gasteiger partial charge in [0.05, 0.1) is 6.54 Å². The summed E-state index contributed by atoms with van der Waals surface area (Å²) in [6, 6.07) is 0. The summed E-state index contributed by atoms with van der Waals surface area (Å²) in [7, 11) is 0. The van der Waals surface area contributed by atoms with Crippen LogP contribution in [0.5, 0.6) is 0 Å². The Labute approximate surface area is 69.4 Å². The highest BCUT2D eigenvalue weighted by Crippen LogP contribution is 2.30. The number of rotatable bonds is 6. The van der Waals surface area contributed by atoms with E-state index in [1.807, 2.05) is 0 Å². The standard InChI is InChI=1S/C9H19NO/c1-4-6-9(3,5-2)7-8-10-11/h4-8H2,1-3H3. The predicted molar refractivity (Wildman–Crippen MR) is 48.6 cm³/mol. The lowest BCUT2D eigenvalue weighted by Crippen LogP contribution is -2.15.